The van der Waals surface area contributed by atoms with Gasteiger partial charge in [0.15, 0.2) is 0 Å². The molecule has 0 unspecified atom stereocenters. The van der Waals surface area contributed by atoms with Crippen LogP contribution in [0.3, 0.4) is 0 Å². The van der Waals surface area contributed by atoms with Crippen LogP contribution in [0.2, 0.25) is 0 Å². The third-order valence-electron chi connectivity index (χ3n) is 4.19. The standard InChI is InChI=1S/C20H15F3N4/c21-20(22,23)18-8-4-5-9-19(18)27-14-17(11-25-27)16-10-24-26(13-16)12-15-6-2-1-3-7-15/h1-11,13-14H,12H2. The molecule has 0 N–H and O–H groups in total. The van der Waals surface area contributed by atoms with E-state index in [1.807, 2.05) is 36.5 Å². The first-order chi connectivity index (χ1) is 13.0. The molecule has 0 amide bonds. The molecule has 0 saturated heterocycles. The monoisotopic (exact) mass is 368 g/mol. The first kappa shape index (κ1) is 17.1. The van der Waals surface area contributed by atoms with Crippen LogP contribution in [0.1, 0.15) is 11.1 Å². The number of alkyl halides is 3. The normalized spacial score (nSPS) is 11.7. The minimum Gasteiger partial charge on any atom is -0.268 e. The van der Waals surface area contributed by atoms with Crippen LogP contribution < -0.4 is 0 Å². The summed E-state index contributed by atoms with van der Waals surface area (Å²) < 4.78 is 42.7. The van der Waals surface area contributed by atoms with Crippen molar-refractivity contribution < 1.29 is 13.2 Å². The van der Waals surface area contributed by atoms with Gasteiger partial charge in [-0.1, -0.05) is 42.5 Å². The molecule has 0 spiro atoms. The molecular weight excluding hydrogens is 353 g/mol. The van der Waals surface area contributed by atoms with Gasteiger partial charge in [-0.3, -0.25) is 4.68 Å². The Morgan fingerprint density at radius 3 is 2.22 bits per heavy atom. The number of aromatic nitrogens is 4. The fourth-order valence-electron chi connectivity index (χ4n) is 2.89. The molecule has 0 aliphatic rings. The molecule has 2 aromatic carbocycles. The van der Waals surface area contributed by atoms with Crippen LogP contribution in [-0.4, -0.2) is 19.6 Å². The molecule has 0 fully saturated rings. The Morgan fingerprint density at radius 1 is 0.778 bits per heavy atom. The maximum absolute atomic E-state index is 13.2. The van der Waals surface area contributed by atoms with Crippen molar-refractivity contribution in [1.29, 1.82) is 0 Å². The fourth-order valence-corrected chi connectivity index (χ4v) is 2.89. The summed E-state index contributed by atoms with van der Waals surface area (Å²) in [4.78, 5) is 0. The summed E-state index contributed by atoms with van der Waals surface area (Å²) in [6, 6.07) is 15.3. The van der Waals surface area contributed by atoms with E-state index in [2.05, 4.69) is 10.2 Å². The Bertz CT molecular complexity index is 1050. The SMILES string of the molecule is FC(F)(F)c1ccccc1-n1cc(-c2cnn(Cc3ccccc3)c2)cn1. The van der Waals surface area contributed by atoms with Gasteiger partial charge < -0.3 is 0 Å². The number of hydrogen-bond acceptors (Lipinski definition) is 2. The second kappa shape index (κ2) is 6.75. The van der Waals surface area contributed by atoms with Crippen molar-refractivity contribution in [3.63, 3.8) is 0 Å². The number of benzene rings is 2. The van der Waals surface area contributed by atoms with E-state index in [1.165, 1.54) is 23.0 Å². The Hall–Kier alpha value is -3.35. The number of rotatable bonds is 4. The molecule has 0 atom stereocenters. The molecule has 0 bridgehead atoms. The van der Waals surface area contributed by atoms with E-state index in [0.29, 0.717) is 12.1 Å². The molecule has 0 radical (unpaired) electrons. The van der Waals surface area contributed by atoms with E-state index in [4.69, 9.17) is 0 Å². The quantitative estimate of drug-likeness (QED) is 0.519. The lowest BCUT2D eigenvalue weighted by atomic mass is 10.1. The summed E-state index contributed by atoms with van der Waals surface area (Å²) >= 11 is 0. The molecular formula is C20H15F3N4. The Morgan fingerprint density at radius 2 is 1.44 bits per heavy atom. The topological polar surface area (TPSA) is 35.6 Å². The van der Waals surface area contributed by atoms with E-state index < -0.39 is 11.7 Å². The molecule has 0 aliphatic heterocycles. The van der Waals surface area contributed by atoms with Crippen LogP contribution in [0.15, 0.2) is 79.4 Å². The van der Waals surface area contributed by atoms with Crippen LogP contribution in [0.4, 0.5) is 13.2 Å². The molecule has 4 nitrogen and oxygen atoms in total. The highest BCUT2D eigenvalue weighted by Gasteiger charge is 2.33. The van der Waals surface area contributed by atoms with E-state index in [0.717, 1.165) is 17.2 Å². The van der Waals surface area contributed by atoms with Gasteiger partial charge in [0.05, 0.1) is 30.2 Å². The number of nitrogens with zero attached hydrogens (tertiary/aromatic N) is 4. The maximum Gasteiger partial charge on any atom is 0.418 e. The van der Waals surface area contributed by atoms with Crippen LogP contribution in [0.25, 0.3) is 16.8 Å². The summed E-state index contributed by atoms with van der Waals surface area (Å²) in [5, 5.41) is 8.44. The minimum atomic E-state index is -4.44. The first-order valence-electron chi connectivity index (χ1n) is 8.29. The van der Waals surface area contributed by atoms with Crippen molar-refractivity contribution in [2.24, 2.45) is 0 Å². The largest absolute Gasteiger partial charge is 0.418 e. The van der Waals surface area contributed by atoms with E-state index >= 15 is 0 Å². The van der Waals surface area contributed by atoms with Crippen molar-refractivity contribution in [3.8, 4) is 16.8 Å². The molecule has 0 saturated carbocycles. The molecule has 2 heterocycles. The number of halogens is 3. The molecule has 27 heavy (non-hydrogen) atoms. The van der Waals surface area contributed by atoms with E-state index in [9.17, 15) is 13.2 Å². The summed E-state index contributed by atoms with van der Waals surface area (Å²) in [7, 11) is 0. The molecule has 136 valence electrons. The fraction of sp³-hybridized carbons (Fsp3) is 0.100. The number of hydrogen-bond donors (Lipinski definition) is 0. The lowest BCUT2D eigenvalue weighted by Gasteiger charge is -2.12. The minimum absolute atomic E-state index is 0.00655. The van der Waals surface area contributed by atoms with Crippen molar-refractivity contribution in [3.05, 3.63) is 90.5 Å². The van der Waals surface area contributed by atoms with Crippen molar-refractivity contribution >= 4 is 0 Å². The summed E-state index contributed by atoms with van der Waals surface area (Å²) in [5.41, 5.74) is 1.88. The summed E-state index contributed by atoms with van der Waals surface area (Å²) in [6.45, 7) is 0.617. The Balaban J connectivity index is 1.61. The van der Waals surface area contributed by atoms with E-state index in [-0.39, 0.29) is 5.69 Å². The smallest absolute Gasteiger partial charge is 0.268 e. The number of para-hydroxylation sites is 1. The highest BCUT2D eigenvalue weighted by molar-refractivity contribution is 5.60. The molecule has 0 aliphatic carbocycles. The van der Waals surface area contributed by atoms with Gasteiger partial charge in [-0.15, -0.1) is 0 Å². The zero-order valence-electron chi connectivity index (χ0n) is 14.1. The molecule has 2 aromatic heterocycles. The van der Waals surface area contributed by atoms with E-state index in [1.54, 1.807) is 23.1 Å². The first-order valence-corrected chi connectivity index (χ1v) is 8.29. The highest BCUT2D eigenvalue weighted by atomic mass is 19.4. The molecule has 4 aromatic rings. The average molecular weight is 368 g/mol. The second-order valence-electron chi connectivity index (χ2n) is 6.10. The van der Waals surface area contributed by atoms with Gasteiger partial charge in [-0.25, -0.2) is 4.68 Å². The highest BCUT2D eigenvalue weighted by Crippen LogP contribution is 2.34. The molecule has 4 rings (SSSR count). The zero-order valence-corrected chi connectivity index (χ0v) is 14.1. The van der Waals surface area contributed by atoms with Crippen LogP contribution in [0, 0.1) is 0 Å². The van der Waals surface area contributed by atoms with Gasteiger partial charge in [-0.2, -0.15) is 23.4 Å². The Kier molecular flexibility index (Phi) is 4.27. The summed E-state index contributed by atoms with van der Waals surface area (Å²) in [5.74, 6) is 0. The zero-order chi connectivity index (χ0) is 18.9. The third-order valence-corrected chi connectivity index (χ3v) is 4.19. The lowest BCUT2D eigenvalue weighted by molar-refractivity contribution is -0.137. The van der Waals surface area contributed by atoms with Gasteiger partial charge in [0.2, 0.25) is 0 Å². The van der Waals surface area contributed by atoms with Gasteiger partial charge in [0.1, 0.15) is 0 Å². The van der Waals surface area contributed by atoms with Gasteiger partial charge in [0.25, 0.3) is 0 Å². The van der Waals surface area contributed by atoms with Gasteiger partial charge in [-0.05, 0) is 17.7 Å². The second-order valence-corrected chi connectivity index (χ2v) is 6.10. The van der Waals surface area contributed by atoms with Crippen molar-refractivity contribution in [2.75, 3.05) is 0 Å². The molecule has 7 heteroatoms. The van der Waals surface area contributed by atoms with Gasteiger partial charge in [0, 0.05) is 23.5 Å². The van der Waals surface area contributed by atoms with Crippen molar-refractivity contribution in [2.45, 2.75) is 12.7 Å². The van der Waals surface area contributed by atoms with Crippen LogP contribution >= 0.6 is 0 Å². The third kappa shape index (κ3) is 3.62. The average Bonchev–Trinajstić information content (AvgIpc) is 3.31. The van der Waals surface area contributed by atoms with Crippen LogP contribution in [-0.2, 0) is 12.7 Å². The van der Waals surface area contributed by atoms with Gasteiger partial charge >= 0.3 is 6.18 Å². The summed E-state index contributed by atoms with van der Waals surface area (Å²) in [6.07, 6.45) is 2.21. The van der Waals surface area contributed by atoms with Crippen LogP contribution in [0.5, 0.6) is 0 Å². The predicted octanol–water partition coefficient (Wildman–Crippen LogP) is 4.80. The lowest BCUT2D eigenvalue weighted by Crippen LogP contribution is -2.10. The van der Waals surface area contributed by atoms with Crippen molar-refractivity contribution in [1.82, 2.24) is 19.6 Å². The maximum atomic E-state index is 13.2. The Labute approximate surface area is 153 Å². The predicted molar refractivity (Wildman–Crippen MR) is 95.3 cm³/mol.